The third-order valence-corrected chi connectivity index (χ3v) is 2.35. The Labute approximate surface area is 74.8 Å². The van der Waals surface area contributed by atoms with Crippen molar-refractivity contribution in [3.05, 3.63) is 0 Å². The van der Waals surface area contributed by atoms with Gasteiger partial charge in [0.25, 0.3) is 0 Å². The molecule has 0 bridgehead atoms. The molecule has 0 spiro atoms. The van der Waals surface area contributed by atoms with Gasteiger partial charge < -0.3 is 10.4 Å². The third kappa shape index (κ3) is 2.73. The van der Waals surface area contributed by atoms with E-state index in [1.165, 1.54) is 6.42 Å². The van der Waals surface area contributed by atoms with Crippen LogP contribution < -0.4 is 5.32 Å². The van der Waals surface area contributed by atoms with Crippen molar-refractivity contribution < 1.29 is 5.11 Å². The second-order valence-electron chi connectivity index (χ2n) is 3.51. The highest BCUT2D eigenvalue weighted by atomic mass is 16.3. The lowest BCUT2D eigenvalue weighted by atomic mass is 10.4. The number of nitrogens with one attached hydrogen (secondary N) is 1. The number of rotatable bonds is 6. The standard InChI is InChI=1S/C9H20N2O/c1-3-5-11(6-4-10-2)8-7-9(8)12/h8-10,12H,3-7H2,1-2H3/t8-,9?/m0/s1. The Morgan fingerprint density at radius 1 is 1.50 bits per heavy atom. The first-order valence-corrected chi connectivity index (χ1v) is 4.86. The maximum Gasteiger partial charge on any atom is 0.0712 e. The van der Waals surface area contributed by atoms with Crippen LogP contribution in [-0.2, 0) is 0 Å². The molecule has 0 heterocycles. The summed E-state index contributed by atoms with van der Waals surface area (Å²) in [5.41, 5.74) is 0. The van der Waals surface area contributed by atoms with Crippen LogP contribution in [0, 0.1) is 0 Å². The molecule has 2 atom stereocenters. The van der Waals surface area contributed by atoms with Gasteiger partial charge in [-0.2, -0.15) is 0 Å². The van der Waals surface area contributed by atoms with E-state index in [0.29, 0.717) is 6.04 Å². The number of likely N-dealkylation sites (N-methyl/N-ethyl adjacent to an activating group) is 1. The third-order valence-electron chi connectivity index (χ3n) is 2.35. The van der Waals surface area contributed by atoms with Crippen LogP contribution in [0.15, 0.2) is 0 Å². The average Bonchev–Trinajstić information content (AvgIpc) is 2.76. The quantitative estimate of drug-likeness (QED) is 0.594. The van der Waals surface area contributed by atoms with E-state index in [2.05, 4.69) is 17.1 Å². The molecule has 0 radical (unpaired) electrons. The molecule has 0 aromatic carbocycles. The molecule has 3 nitrogen and oxygen atoms in total. The van der Waals surface area contributed by atoms with E-state index in [1.807, 2.05) is 7.05 Å². The molecule has 0 aliphatic heterocycles. The molecular formula is C9H20N2O. The molecule has 1 aliphatic rings. The molecule has 1 fully saturated rings. The number of aliphatic hydroxyl groups excluding tert-OH is 1. The van der Waals surface area contributed by atoms with E-state index in [-0.39, 0.29) is 6.10 Å². The second kappa shape index (κ2) is 4.80. The maximum absolute atomic E-state index is 9.26. The van der Waals surface area contributed by atoms with Gasteiger partial charge in [-0.05, 0) is 26.4 Å². The zero-order chi connectivity index (χ0) is 8.97. The Kier molecular flexibility index (Phi) is 3.98. The summed E-state index contributed by atoms with van der Waals surface area (Å²) >= 11 is 0. The van der Waals surface area contributed by atoms with Gasteiger partial charge in [0.15, 0.2) is 0 Å². The largest absolute Gasteiger partial charge is 0.391 e. The molecule has 1 aliphatic carbocycles. The second-order valence-corrected chi connectivity index (χ2v) is 3.51. The minimum absolute atomic E-state index is 0.0478. The molecule has 0 saturated heterocycles. The predicted molar refractivity (Wildman–Crippen MR) is 50.2 cm³/mol. The molecule has 1 rings (SSSR count). The smallest absolute Gasteiger partial charge is 0.0712 e. The number of hydrogen-bond donors (Lipinski definition) is 2. The summed E-state index contributed by atoms with van der Waals surface area (Å²) < 4.78 is 0. The van der Waals surface area contributed by atoms with Crippen molar-refractivity contribution in [2.45, 2.75) is 31.9 Å². The topological polar surface area (TPSA) is 35.5 Å². The van der Waals surface area contributed by atoms with Crippen LogP contribution in [0.5, 0.6) is 0 Å². The van der Waals surface area contributed by atoms with Gasteiger partial charge in [0, 0.05) is 19.1 Å². The van der Waals surface area contributed by atoms with Crippen molar-refractivity contribution in [1.82, 2.24) is 10.2 Å². The highest BCUT2D eigenvalue weighted by molar-refractivity contribution is 4.95. The van der Waals surface area contributed by atoms with E-state index >= 15 is 0 Å². The van der Waals surface area contributed by atoms with Crippen molar-refractivity contribution in [2.75, 3.05) is 26.7 Å². The van der Waals surface area contributed by atoms with Crippen molar-refractivity contribution in [3.8, 4) is 0 Å². The minimum Gasteiger partial charge on any atom is -0.391 e. The van der Waals surface area contributed by atoms with E-state index in [4.69, 9.17) is 0 Å². The molecule has 0 aromatic rings. The van der Waals surface area contributed by atoms with Gasteiger partial charge in [-0.15, -0.1) is 0 Å². The first-order chi connectivity index (χ1) is 5.79. The fourth-order valence-corrected chi connectivity index (χ4v) is 1.55. The number of hydrogen-bond acceptors (Lipinski definition) is 3. The van der Waals surface area contributed by atoms with Gasteiger partial charge in [-0.25, -0.2) is 0 Å². The average molecular weight is 172 g/mol. The fraction of sp³-hybridized carbons (Fsp3) is 1.00. The van der Waals surface area contributed by atoms with Crippen LogP contribution in [0.2, 0.25) is 0 Å². The van der Waals surface area contributed by atoms with E-state index in [1.54, 1.807) is 0 Å². The van der Waals surface area contributed by atoms with Crippen LogP contribution >= 0.6 is 0 Å². The summed E-state index contributed by atoms with van der Waals surface area (Å²) in [5.74, 6) is 0. The Morgan fingerprint density at radius 2 is 2.17 bits per heavy atom. The minimum atomic E-state index is -0.0478. The van der Waals surface area contributed by atoms with Crippen LogP contribution in [-0.4, -0.2) is 48.8 Å². The monoisotopic (exact) mass is 172 g/mol. The van der Waals surface area contributed by atoms with Gasteiger partial charge >= 0.3 is 0 Å². The molecule has 0 aromatic heterocycles. The van der Waals surface area contributed by atoms with E-state index < -0.39 is 0 Å². The molecule has 1 unspecified atom stereocenters. The Hall–Kier alpha value is -0.120. The van der Waals surface area contributed by atoms with Crippen LogP contribution in [0.1, 0.15) is 19.8 Å². The van der Waals surface area contributed by atoms with Gasteiger partial charge in [0.1, 0.15) is 0 Å². The molecule has 3 heteroatoms. The van der Waals surface area contributed by atoms with Crippen molar-refractivity contribution in [2.24, 2.45) is 0 Å². The number of aliphatic hydroxyl groups is 1. The molecule has 0 amide bonds. The highest BCUT2D eigenvalue weighted by Gasteiger charge is 2.39. The van der Waals surface area contributed by atoms with E-state index in [9.17, 15) is 5.11 Å². The first kappa shape index (κ1) is 9.96. The summed E-state index contributed by atoms with van der Waals surface area (Å²) in [6, 6.07) is 0.457. The summed E-state index contributed by atoms with van der Waals surface area (Å²) in [6.45, 7) is 5.37. The van der Waals surface area contributed by atoms with Gasteiger partial charge in [-0.3, -0.25) is 4.90 Å². The Morgan fingerprint density at radius 3 is 2.58 bits per heavy atom. The van der Waals surface area contributed by atoms with Crippen LogP contribution in [0.4, 0.5) is 0 Å². The SMILES string of the molecule is CCCN(CCNC)[C@H]1CC1O. The van der Waals surface area contributed by atoms with Crippen molar-refractivity contribution in [3.63, 3.8) is 0 Å². The highest BCUT2D eigenvalue weighted by Crippen LogP contribution is 2.27. The van der Waals surface area contributed by atoms with Crippen LogP contribution in [0.25, 0.3) is 0 Å². The summed E-state index contributed by atoms with van der Waals surface area (Å²) in [7, 11) is 1.97. The zero-order valence-corrected chi connectivity index (χ0v) is 8.08. The van der Waals surface area contributed by atoms with Crippen molar-refractivity contribution in [1.29, 1.82) is 0 Å². The summed E-state index contributed by atoms with van der Waals surface area (Å²) in [5, 5.41) is 12.4. The Bertz CT molecular complexity index is 130. The Balaban J connectivity index is 2.19. The van der Waals surface area contributed by atoms with Crippen molar-refractivity contribution >= 4 is 0 Å². The lowest BCUT2D eigenvalue weighted by Gasteiger charge is -2.20. The molecule has 1 saturated carbocycles. The molecule has 72 valence electrons. The lowest BCUT2D eigenvalue weighted by Crippen LogP contribution is -2.34. The first-order valence-electron chi connectivity index (χ1n) is 4.86. The normalized spacial score (nSPS) is 28.0. The lowest BCUT2D eigenvalue weighted by molar-refractivity contribution is 0.191. The predicted octanol–water partition coefficient (Wildman–Crippen LogP) is 0.0510. The summed E-state index contributed by atoms with van der Waals surface area (Å²) in [4.78, 5) is 2.38. The van der Waals surface area contributed by atoms with Gasteiger partial charge in [-0.1, -0.05) is 6.92 Å². The zero-order valence-electron chi connectivity index (χ0n) is 8.08. The summed E-state index contributed by atoms with van der Waals surface area (Å²) in [6.07, 6.45) is 2.10. The van der Waals surface area contributed by atoms with E-state index in [0.717, 1.165) is 26.1 Å². The molecular weight excluding hydrogens is 152 g/mol. The van der Waals surface area contributed by atoms with Crippen LogP contribution in [0.3, 0.4) is 0 Å². The maximum atomic E-state index is 9.26. The van der Waals surface area contributed by atoms with Gasteiger partial charge in [0.05, 0.1) is 6.10 Å². The molecule has 2 N–H and O–H groups in total. The molecule has 12 heavy (non-hydrogen) atoms. The van der Waals surface area contributed by atoms with Gasteiger partial charge in [0.2, 0.25) is 0 Å². The number of nitrogens with zero attached hydrogens (tertiary/aromatic N) is 1. The fourth-order valence-electron chi connectivity index (χ4n) is 1.55.